The molecule has 0 heterocycles. The largest absolute Gasteiger partial charge is 0.355 e. The van der Waals surface area contributed by atoms with E-state index in [4.69, 9.17) is 11.6 Å². The van der Waals surface area contributed by atoms with E-state index >= 15 is 0 Å². The first kappa shape index (κ1) is 23.7. The zero-order valence-corrected chi connectivity index (χ0v) is 17.5. The lowest BCUT2D eigenvalue weighted by atomic mass is 10.0. The molecule has 2 amide bonds. The van der Waals surface area contributed by atoms with Crippen LogP contribution in [-0.4, -0.2) is 30.9 Å². The fourth-order valence-electron chi connectivity index (χ4n) is 3.41. The molecule has 1 aliphatic rings. The van der Waals surface area contributed by atoms with Gasteiger partial charge in [0.2, 0.25) is 11.8 Å². The van der Waals surface area contributed by atoms with Gasteiger partial charge in [0.25, 0.3) is 0 Å². The molecule has 2 rings (SSSR count). The molecule has 0 aliphatic heterocycles. The van der Waals surface area contributed by atoms with E-state index in [0.717, 1.165) is 12.1 Å². The Labute approximate surface area is 173 Å². The van der Waals surface area contributed by atoms with Gasteiger partial charge in [-0.1, -0.05) is 49.4 Å². The van der Waals surface area contributed by atoms with Crippen LogP contribution in [0.1, 0.15) is 63.5 Å². The maximum absolute atomic E-state index is 12.3. The standard InChI is InChI=1S/C20H30ClN3O2.ClH/c1-15(25)24-19(16-8-10-17(21)11-9-16)14-20(26)23-13-12-22-18-6-4-2-3-5-7-18;/h8-11,18-19,22H,2-7,12-14H2,1H3,(H,23,26)(H,24,25);1H. The highest BCUT2D eigenvalue weighted by Gasteiger charge is 2.17. The van der Waals surface area contributed by atoms with Gasteiger partial charge in [0, 0.05) is 31.1 Å². The predicted molar refractivity (Wildman–Crippen MR) is 112 cm³/mol. The van der Waals surface area contributed by atoms with Crippen molar-refractivity contribution < 1.29 is 9.59 Å². The van der Waals surface area contributed by atoms with Crippen molar-refractivity contribution in [2.75, 3.05) is 13.1 Å². The molecule has 0 radical (unpaired) electrons. The summed E-state index contributed by atoms with van der Waals surface area (Å²) in [7, 11) is 0. The predicted octanol–water partition coefficient (Wildman–Crippen LogP) is 3.76. The normalized spacial score (nSPS) is 15.9. The third kappa shape index (κ3) is 9.45. The summed E-state index contributed by atoms with van der Waals surface area (Å²) < 4.78 is 0. The Morgan fingerprint density at radius 2 is 1.70 bits per heavy atom. The number of benzene rings is 1. The molecule has 1 fully saturated rings. The lowest BCUT2D eigenvalue weighted by Gasteiger charge is -2.19. The van der Waals surface area contributed by atoms with Crippen molar-refractivity contribution in [2.45, 2.75) is 64.0 Å². The zero-order chi connectivity index (χ0) is 18.8. The van der Waals surface area contributed by atoms with E-state index in [9.17, 15) is 9.59 Å². The number of carbonyl (C=O) groups excluding carboxylic acids is 2. The zero-order valence-electron chi connectivity index (χ0n) is 15.9. The first-order chi connectivity index (χ1) is 12.5. The van der Waals surface area contributed by atoms with Gasteiger partial charge in [0.15, 0.2) is 0 Å². The maximum Gasteiger partial charge on any atom is 0.222 e. The maximum atomic E-state index is 12.3. The lowest BCUT2D eigenvalue weighted by molar-refractivity contribution is -0.122. The summed E-state index contributed by atoms with van der Waals surface area (Å²) in [6.45, 7) is 2.84. The summed E-state index contributed by atoms with van der Waals surface area (Å²) in [5.41, 5.74) is 0.872. The van der Waals surface area contributed by atoms with Crippen molar-refractivity contribution >= 4 is 35.8 Å². The fraction of sp³-hybridized carbons (Fsp3) is 0.600. The molecule has 1 atom stereocenters. The highest BCUT2D eigenvalue weighted by Crippen LogP contribution is 2.19. The Hall–Kier alpha value is -1.30. The van der Waals surface area contributed by atoms with E-state index in [1.54, 1.807) is 12.1 Å². The monoisotopic (exact) mass is 415 g/mol. The van der Waals surface area contributed by atoms with Crippen molar-refractivity contribution in [2.24, 2.45) is 0 Å². The Balaban J connectivity index is 0.00000364. The van der Waals surface area contributed by atoms with Crippen molar-refractivity contribution in [3.63, 3.8) is 0 Å². The fourth-order valence-corrected chi connectivity index (χ4v) is 3.54. The summed E-state index contributed by atoms with van der Waals surface area (Å²) in [5, 5.41) is 9.95. The topological polar surface area (TPSA) is 70.2 Å². The molecule has 1 saturated carbocycles. The van der Waals surface area contributed by atoms with Crippen molar-refractivity contribution in [3.05, 3.63) is 34.9 Å². The molecule has 0 bridgehead atoms. The van der Waals surface area contributed by atoms with Crippen LogP contribution in [0.4, 0.5) is 0 Å². The van der Waals surface area contributed by atoms with Crippen LogP contribution in [0.5, 0.6) is 0 Å². The Morgan fingerprint density at radius 1 is 1.07 bits per heavy atom. The minimum absolute atomic E-state index is 0. The highest BCUT2D eigenvalue weighted by molar-refractivity contribution is 6.30. The van der Waals surface area contributed by atoms with Crippen LogP contribution < -0.4 is 16.0 Å². The highest BCUT2D eigenvalue weighted by atomic mass is 35.5. The molecule has 152 valence electrons. The van der Waals surface area contributed by atoms with Gasteiger partial charge in [-0.3, -0.25) is 9.59 Å². The molecule has 1 unspecified atom stereocenters. The van der Waals surface area contributed by atoms with Crippen molar-refractivity contribution in [1.82, 2.24) is 16.0 Å². The number of hydrogen-bond acceptors (Lipinski definition) is 3. The van der Waals surface area contributed by atoms with Gasteiger partial charge < -0.3 is 16.0 Å². The van der Waals surface area contributed by atoms with E-state index in [1.165, 1.54) is 45.4 Å². The first-order valence-corrected chi connectivity index (χ1v) is 9.95. The summed E-state index contributed by atoms with van der Waals surface area (Å²) in [6, 6.07) is 7.43. The molecular weight excluding hydrogens is 385 g/mol. The Bertz CT molecular complexity index is 573. The second-order valence-electron chi connectivity index (χ2n) is 7.00. The van der Waals surface area contributed by atoms with Gasteiger partial charge in [-0.2, -0.15) is 0 Å². The molecule has 1 aromatic carbocycles. The molecule has 1 aromatic rings. The smallest absolute Gasteiger partial charge is 0.222 e. The van der Waals surface area contributed by atoms with E-state index in [-0.39, 0.29) is 36.7 Å². The number of rotatable bonds is 8. The summed E-state index contributed by atoms with van der Waals surface area (Å²) in [4.78, 5) is 23.7. The molecular formula is C20H31Cl2N3O2. The van der Waals surface area contributed by atoms with E-state index in [0.29, 0.717) is 17.6 Å². The molecule has 5 nitrogen and oxygen atoms in total. The summed E-state index contributed by atoms with van der Waals surface area (Å²) >= 11 is 5.91. The Morgan fingerprint density at radius 3 is 2.30 bits per heavy atom. The molecule has 7 heteroatoms. The van der Waals surface area contributed by atoms with E-state index < -0.39 is 0 Å². The SMILES string of the molecule is CC(=O)NC(CC(=O)NCCNC1CCCCCC1)c1ccc(Cl)cc1.Cl. The average molecular weight is 416 g/mol. The number of hydrogen-bond donors (Lipinski definition) is 3. The van der Waals surface area contributed by atoms with Gasteiger partial charge in [0.1, 0.15) is 0 Å². The van der Waals surface area contributed by atoms with Crippen LogP contribution in [0.3, 0.4) is 0 Å². The number of carbonyl (C=O) groups is 2. The summed E-state index contributed by atoms with van der Waals surface area (Å²) in [5.74, 6) is -0.228. The van der Waals surface area contributed by atoms with Crippen LogP contribution in [-0.2, 0) is 9.59 Å². The second-order valence-corrected chi connectivity index (χ2v) is 7.44. The molecule has 0 spiro atoms. The molecule has 3 N–H and O–H groups in total. The van der Waals surface area contributed by atoms with Gasteiger partial charge in [-0.05, 0) is 30.5 Å². The second kappa shape index (κ2) is 13.0. The average Bonchev–Trinajstić information content (AvgIpc) is 2.87. The van der Waals surface area contributed by atoms with Crippen molar-refractivity contribution in [1.29, 1.82) is 0 Å². The van der Waals surface area contributed by atoms with Crippen LogP contribution in [0.2, 0.25) is 5.02 Å². The minimum Gasteiger partial charge on any atom is -0.355 e. The third-order valence-electron chi connectivity index (χ3n) is 4.77. The van der Waals surface area contributed by atoms with Gasteiger partial charge in [-0.15, -0.1) is 12.4 Å². The van der Waals surface area contributed by atoms with Gasteiger partial charge in [0.05, 0.1) is 12.5 Å². The quantitative estimate of drug-likeness (QED) is 0.447. The van der Waals surface area contributed by atoms with E-state index in [2.05, 4.69) is 16.0 Å². The first-order valence-electron chi connectivity index (χ1n) is 9.57. The summed E-state index contributed by atoms with van der Waals surface area (Å²) in [6.07, 6.45) is 7.94. The molecule has 27 heavy (non-hydrogen) atoms. The van der Waals surface area contributed by atoms with Crippen LogP contribution in [0.15, 0.2) is 24.3 Å². The Kier molecular flexibility index (Phi) is 11.4. The number of amides is 2. The van der Waals surface area contributed by atoms with E-state index in [1.807, 2.05) is 12.1 Å². The number of halogens is 2. The van der Waals surface area contributed by atoms with Crippen LogP contribution in [0.25, 0.3) is 0 Å². The molecule has 1 aliphatic carbocycles. The van der Waals surface area contributed by atoms with Crippen LogP contribution >= 0.6 is 24.0 Å². The molecule has 0 saturated heterocycles. The minimum atomic E-state index is -0.348. The lowest BCUT2D eigenvalue weighted by Crippen LogP contribution is -2.38. The number of nitrogens with one attached hydrogen (secondary N) is 3. The van der Waals surface area contributed by atoms with Gasteiger partial charge >= 0.3 is 0 Å². The van der Waals surface area contributed by atoms with Crippen LogP contribution in [0, 0.1) is 0 Å². The van der Waals surface area contributed by atoms with Gasteiger partial charge in [-0.25, -0.2) is 0 Å². The van der Waals surface area contributed by atoms with Crippen molar-refractivity contribution in [3.8, 4) is 0 Å². The third-order valence-corrected chi connectivity index (χ3v) is 5.03. The molecule has 0 aromatic heterocycles.